The molecule has 0 saturated heterocycles. The monoisotopic (exact) mass is 411 g/mol. The van der Waals surface area contributed by atoms with Crippen LogP contribution in [0.1, 0.15) is 50.5 Å². The van der Waals surface area contributed by atoms with Crippen LogP contribution in [0.4, 0.5) is 0 Å². The molecule has 2 heterocycles. The van der Waals surface area contributed by atoms with E-state index in [1.807, 2.05) is 24.3 Å². The summed E-state index contributed by atoms with van der Waals surface area (Å²) in [6, 6.07) is 14.4. The number of ether oxygens (including phenoxy) is 1. The van der Waals surface area contributed by atoms with Crippen LogP contribution >= 0.6 is 0 Å². The lowest BCUT2D eigenvalue weighted by atomic mass is 9.63. The average Bonchev–Trinajstić information content (AvgIpc) is 3.26. The second-order valence-electron chi connectivity index (χ2n) is 7.49. The van der Waals surface area contributed by atoms with Gasteiger partial charge in [0.2, 0.25) is 0 Å². The number of hydrogen-bond acceptors (Lipinski definition) is 5. The van der Waals surface area contributed by atoms with Crippen LogP contribution in [-0.2, 0) is 9.31 Å². The lowest BCUT2D eigenvalue weighted by molar-refractivity contribution is 0.221. The van der Waals surface area contributed by atoms with Gasteiger partial charge in [0.05, 0.1) is 18.8 Å². The maximum Gasteiger partial charge on any atom is 0.328 e. The van der Waals surface area contributed by atoms with Gasteiger partial charge in [-0.1, -0.05) is 64.4 Å². The fourth-order valence-corrected chi connectivity index (χ4v) is 4.10. The molecule has 0 unspecified atom stereocenters. The van der Waals surface area contributed by atoms with Crippen molar-refractivity contribution in [1.29, 1.82) is 0 Å². The van der Waals surface area contributed by atoms with Crippen molar-refractivity contribution in [2.45, 2.75) is 53.0 Å². The van der Waals surface area contributed by atoms with Gasteiger partial charge in [-0.2, -0.15) is 0 Å². The normalized spacial score (nSPS) is 18.8. The molecule has 2 atom stereocenters. The van der Waals surface area contributed by atoms with Crippen LogP contribution in [-0.4, -0.2) is 38.7 Å². The summed E-state index contributed by atoms with van der Waals surface area (Å²) >= 11 is 0. The average molecular weight is 411 g/mol. The summed E-state index contributed by atoms with van der Waals surface area (Å²) in [5.74, 6) is 0.902. The van der Waals surface area contributed by atoms with Gasteiger partial charge < -0.3 is 24.9 Å². The number of aliphatic hydroxyl groups is 1. The minimum Gasteiger partial charge on any atom is -0.494 e. The third-order valence-corrected chi connectivity index (χ3v) is 5.52. The molecule has 0 radical (unpaired) electrons. The fourth-order valence-electron chi connectivity index (χ4n) is 4.10. The molecule has 2 aliphatic heterocycles. The first-order valence-electron chi connectivity index (χ1n) is 10.6. The Morgan fingerprint density at radius 2 is 1.70 bits per heavy atom. The van der Waals surface area contributed by atoms with Crippen LogP contribution in [0.2, 0.25) is 13.6 Å². The number of rotatable bonds is 6. The summed E-state index contributed by atoms with van der Waals surface area (Å²) in [7, 11) is 0. The van der Waals surface area contributed by atoms with Gasteiger partial charge in [-0.15, -0.1) is 0 Å². The van der Waals surface area contributed by atoms with Gasteiger partial charge in [-0.25, -0.2) is 0 Å². The summed E-state index contributed by atoms with van der Waals surface area (Å²) < 4.78 is 17.3. The second-order valence-corrected chi connectivity index (χ2v) is 7.49. The van der Waals surface area contributed by atoms with Crippen LogP contribution < -0.4 is 21.4 Å². The van der Waals surface area contributed by atoms with Crippen molar-refractivity contribution in [3.63, 3.8) is 0 Å². The fraction of sp³-hybridized carbons (Fsp3) is 0.478. The van der Waals surface area contributed by atoms with Gasteiger partial charge in [0.15, 0.2) is 0 Å². The highest BCUT2D eigenvalue weighted by molar-refractivity contribution is 6.68. The van der Waals surface area contributed by atoms with Crippen molar-refractivity contribution < 1.29 is 19.2 Å². The van der Waals surface area contributed by atoms with E-state index in [1.165, 1.54) is 22.1 Å². The van der Waals surface area contributed by atoms with Crippen LogP contribution in [0.5, 0.6) is 5.75 Å². The summed E-state index contributed by atoms with van der Waals surface area (Å²) in [6.45, 7) is 7.85. The molecule has 2 aromatic rings. The van der Waals surface area contributed by atoms with Crippen LogP contribution in [0.25, 0.3) is 0 Å². The van der Waals surface area contributed by atoms with Crippen molar-refractivity contribution in [3.05, 3.63) is 53.6 Å². The van der Waals surface area contributed by atoms with Crippen molar-refractivity contribution in [2.24, 2.45) is 5.73 Å². The van der Waals surface area contributed by atoms with E-state index in [9.17, 15) is 0 Å². The molecule has 7 heteroatoms. The zero-order chi connectivity index (χ0) is 20.8. The molecule has 30 heavy (non-hydrogen) atoms. The molecule has 162 valence electrons. The Labute approximate surface area is 182 Å². The van der Waals surface area contributed by atoms with E-state index >= 15 is 0 Å². The Morgan fingerprint density at radius 3 is 2.40 bits per heavy atom. The molecule has 0 bridgehead atoms. The summed E-state index contributed by atoms with van der Waals surface area (Å²) in [5, 5.41) is 8.77. The molecule has 0 aliphatic carbocycles. The zero-order valence-corrected chi connectivity index (χ0v) is 17.6. The first-order valence-corrected chi connectivity index (χ1v) is 10.6. The first-order chi connectivity index (χ1) is 14.1. The molecule has 0 amide bonds. The molecular weight excluding hydrogens is 376 g/mol. The molecule has 2 aromatic carbocycles. The van der Waals surface area contributed by atoms with E-state index in [0.29, 0.717) is 19.6 Å². The van der Waals surface area contributed by atoms with Gasteiger partial charge in [0, 0.05) is 19.6 Å². The third kappa shape index (κ3) is 5.27. The molecule has 2 aliphatic rings. The second kappa shape index (κ2) is 11.6. The number of nitrogens with two attached hydrogens (primary N) is 1. The number of fused-ring (bicyclic) bond motifs is 2. The zero-order valence-electron chi connectivity index (χ0n) is 17.6. The van der Waals surface area contributed by atoms with Crippen molar-refractivity contribution in [2.75, 3.05) is 19.8 Å². The van der Waals surface area contributed by atoms with E-state index in [1.54, 1.807) is 0 Å². The van der Waals surface area contributed by atoms with Crippen LogP contribution in [0.3, 0.4) is 0 Å². The van der Waals surface area contributed by atoms with Crippen molar-refractivity contribution in [3.8, 4) is 5.75 Å². The molecule has 5 nitrogen and oxygen atoms in total. The Hall–Kier alpha value is -1.79. The van der Waals surface area contributed by atoms with E-state index in [0.717, 1.165) is 12.2 Å². The van der Waals surface area contributed by atoms with Gasteiger partial charge in [-0.3, -0.25) is 0 Å². The molecular formula is C23H35B2NO4. The van der Waals surface area contributed by atoms with E-state index in [2.05, 4.69) is 38.8 Å². The predicted octanol–water partition coefficient (Wildman–Crippen LogP) is 2.94. The smallest absolute Gasteiger partial charge is 0.328 e. The minimum atomic E-state index is 0. The van der Waals surface area contributed by atoms with Crippen molar-refractivity contribution in [1.82, 2.24) is 0 Å². The topological polar surface area (TPSA) is 73.9 Å². The highest BCUT2D eigenvalue weighted by Crippen LogP contribution is 2.30. The number of aliphatic hydroxyl groups excluding tert-OH is 1. The summed E-state index contributed by atoms with van der Waals surface area (Å²) in [6.07, 6.45) is 1.95. The van der Waals surface area contributed by atoms with Gasteiger partial charge in [0.25, 0.3) is 0 Å². The van der Waals surface area contributed by atoms with Gasteiger partial charge in [-0.05, 0) is 34.5 Å². The molecule has 4 rings (SSSR count). The van der Waals surface area contributed by atoms with E-state index in [4.69, 9.17) is 24.9 Å². The van der Waals surface area contributed by atoms with E-state index < -0.39 is 0 Å². The standard InChI is InChI=1S/C13H19BO3.C9H12BNO.CH4/c1-3-11-10-6-4-7-12(16-9-5-8-15)13(10)14(2)17-11;1-10-8-5-3-2-4-7(8)9(6-11)12-10;/h4,6-7,11,15H,3,5,8-9H2,1-2H3;2-5,9H,6,11H2,1H3;1H4/t11-;9-;/m11./s1. The van der Waals surface area contributed by atoms with Crippen LogP contribution in [0, 0.1) is 0 Å². The highest BCUT2D eigenvalue weighted by atomic mass is 16.5. The molecule has 3 N–H and O–H groups in total. The van der Waals surface area contributed by atoms with Crippen LogP contribution in [0.15, 0.2) is 42.5 Å². The number of hydrogen-bond donors (Lipinski definition) is 2. The molecule has 0 aromatic heterocycles. The quantitative estimate of drug-likeness (QED) is 0.565. The summed E-state index contributed by atoms with van der Waals surface area (Å²) in [4.78, 5) is 0. The minimum absolute atomic E-state index is 0. The maximum atomic E-state index is 8.77. The number of benzene rings is 2. The SMILES string of the molecule is C.CB1O[C@H](CN)c2ccccc21.CC[C@H]1OB(C)c2c(OCCCO)cccc21. The maximum absolute atomic E-state index is 8.77. The lowest BCUT2D eigenvalue weighted by Gasteiger charge is -2.11. The van der Waals surface area contributed by atoms with Crippen molar-refractivity contribution >= 4 is 24.8 Å². The summed E-state index contributed by atoms with van der Waals surface area (Å²) in [5.41, 5.74) is 10.6. The first kappa shape index (κ1) is 24.5. The largest absolute Gasteiger partial charge is 0.494 e. The molecule has 0 saturated carbocycles. The Balaban J connectivity index is 0.000000218. The molecule has 0 fully saturated rings. The van der Waals surface area contributed by atoms with Gasteiger partial charge in [0.1, 0.15) is 5.75 Å². The predicted molar refractivity (Wildman–Crippen MR) is 126 cm³/mol. The lowest BCUT2D eigenvalue weighted by Crippen LogP contribution is -2.26. The highest BCUT2D eigenvalue weighted by Gasteiger charge is 2.33. The van der Waals surface area contributed by atoms with Gasteiger partial charge >= 0.3 is 13.8 Å². The third-order valence-electron chi connectivity index (χ3n) is 5.52. The Bertz CT molecular complexity index is 805. The van der Waals surface area contributed by atoms with E-state index in [-0.39, 0.29) is 40.1 Å². The Kier molecular flexibility index (Phi) is 9.43. The molecule has 0 spiro atoms. The Morgan fingerprint density at radius 1 is 1.00 bits per heavy atom.